The van der Waals surface area contributed by atoms with Crippen LogP contribution in [-0.2, 0) is 14.3 Å². The molecule has 2 aromatic rings. The molecule has 0 aliphatic heterocycles. The number of hydrogen-bond donors (Lipinski definition) is 2. The number of likely N-dealkylation sites (N-methyl/N-ethyl adjacent to an activating group) is 1. The highest BCUT2D eigenvalue weighted by molar-refractivity contribution is 5.86. The van der Waals surface area contributed by atoms with Crippen molar-refractivity contribution >= 4 is 18.0 Å². The molecule has 176 valence electrons. The molecule has 2 aromatic carbocycles. The summed E-state index contributed by atoms with van der Waals surface area (Å²) >= 11 is 0. The predicted molar refractivity (Wildman–Crippen MR) is 126 cm³/mol. The van der Waals surface area contributed by atoms with Gasteiger partial charge in [-0.15, -0.1) is 0 Å². The van der Waals surface area contributed by atoms with Crippen molar-refractivity contribution in [2.45, 2.75) is 57.5 Å². The van der Waals surface area contributed by atoms with E-state index in [1.165, 1.54) is 36.9 Å². The zero-order valence-electron chi connectivity index (χ0n) is 19.6. The van der Waals surface area contributed by atoms with Gasteiger partial charge >= 0.3 is 12.1 Å². The fraction of sp³-hybridized carbons (Fsp3) is 0.423. The average molecular weight is 453 g/mol. The van der Waals surface area contributed by atoms with Crippen molar-refractivity contribution in [3.8, 4) is 11.1 Å². The normalized spacial score (nSPS) is 13.6. The summed E-state index contributed by atoms with van der Waals surface area (Å²) in [6, 6.07) is 16.2. The minimum atomic E-state index is -1.26. The molecule has 33 heavy (non-hydrogen) atoms. The predicted octanol–water partition coefficient (Wildman–Crippen LogP) is 4.41. The van der Waals surface area contributed by atoms with Crippen LogP contribution in [0.5, 0.6) is 0 Å². The van der Waals surface area contributed by atoms with Gasteiger partial charge in [-0.25, -0.2) is 9.59 Å². The molecule has 0 saturated carbocycles. The summed E-state index contributed by atoms with van der Waals surface area (Å²) in [6.45, 7) is 5.10. The Morgan fingerprint density at radius 3 is 2.15 bits per heavy atom. The summed E-state index contributed by atoms with van der Waals surface area (Å²) in [5.74, 6) is -1.29. The Morgan fingerprint density at radius 2 is 1.61 bits per heavy atom. The number of carboxylic acid groups (broad SMARTS) is 1. The number of rotatable bonds is 9. The number of nitrogens with one attached hydrogen (secondary N) is 1. The van der Waals surface area contributed by atoms with Gasteiger partial charge < -0.3 is 20.1 Å². The van der Waals surface area contributed by atoms with Gasteiger partial charge in [0.1, 0.15) is 12.1 Å². The number of nitrogens with zero attached hydrogens (tertiary/aromatic N) is 1. The number of hydrogen-bond acceptors (Lipinski definition) is 4. The Kier molecular flexibility index (Phi) is 7.41. The molecule has 1 aliphatic carbocycles. The van der Waals surface area contributed by atoms with Gasteiger partial charge in [0, 0.05) is 25.4 Å². The summed E-state index contributed by atoms with van der Waals surface area (Å²) in [6.07, 6.45) is 0.838. The van der Waals surface area contributed by atoms with Crippen LogP contribution in [0, 0.1) is 0 Å². The highest BCUT2D eigenvalue weighted by Gasteiger charge is 2.34. The van der Waals surface area contributed by atoms with Crippen molar-refractivity contribution < 1.29 is 24.2 Å². The molecule has 1 atom stereocenters. The number of alkyl carbamates (subject to hydrolysis) is 1. The number of ether oxygens (including phenoxy) is 1. The highest BCUT2D eigenvalue weighted by Crippen LogP contribution is 2.44. The second-order valence-electron chi connectivity index (χ2n) is 9.08. The van der Waals surface area contributed by atoms with Crippen molar-refractivity contribution in [3.05, 3.63) is 59.7 Å². The maximum absolute atomic E-state index is 12.4. The smallest absolute Gasteiger partial charge is 0.407 e. The largest absolute Gasteiger partial charge is 0.480 e. The van der Waals surface area contributed by atoms with Gasteiger partial charge in [0.2, 0.25) is 5.91 Å². The van der Waals surface area contributed by atoms with E-state index in [9.17, 15) is 19.5 Å². The molecule has 0 saturated heterocycles. The molecule has 0 radical (unpaired) electrons. The van der Waals surface area contributed by atoms with Crippen LogP contribution in [0.1, 0.15) is 57.1 Å². The number of carboxylic acids is 1. The first-order chi connectivity index (χ1) is 15.6. The Hall–Kier alpha value is -3.35. The minimum Gasteiger partial charge on any atom is -0.480 e. The Morgan fingerprint density at radius 1 is 1.06 bits per heavy atom. The lowest BCUT2D eigenvalue weighted by Gasteiger charge is -2.31. The van der Waals surface area contributed by atoms with Crippen LogP contribution in [-0.4, -0.2) is 53.2 Å². The van der Waals surface area contributed by atoms with E-state index in [2.05, 4.69) is 29.6 Å². The fourth-order valence-electron chi connectivity index (χ4n) is 4.10. The Balaban J connectivity index is 1.46. The molecule has 2 N–H and O–H groups in total. The van der Waals surface area contributed by atoms with E-state index in [-0.39, 0.29) is 30.9 Å². The second-order valence-corrected chi connectivity index (χ2v) is 9.08. The van der Waals surface area contributed by atoms with Gasteiger partial charge in [0.25, 0.3) is 0 Å². The quantitative estimate of drug-likeness (QED) is 0.588. The maximum Gasteiger partial charge on any atom is 0.407 e. The monoisotopic (exact) mass is 452 g/mol. The third kappa shape index (κ3) is 5.35. The molecule has 1 unspecified atom stereocenters. The molecule has 0 heterocycles. The topological polar surface area (TPSA) is 95.9 Å². The van der Waals surface area contributed by atoms with E-state index in [0.717, 1.165) is 11.1 Å². The van der Waals surface area contributed by atoms with Gasteiger partial charge in [-0.2, -0.15) is 0 Å². The molecule has 0 bridgehead atoms. The maximum atomic E-state index is 12.4. The minimum absolute atomic E-state index is 0.00389. The first-order valence-electron chi connectivity index (χ1n) is 11.2. The van der Waals surface area contributed by atoms with Crippen LogP contribution in [0.25, 0.3) is 11.1 Å². The Labute approximate surface area is 194 Å². The van der Waals surface area contributed by atoms with Crippen molar-refractivity contribution in [1.29, 1.82) is 0 Å². The van der Waals surface area contributed by atoms with Crippen molar-refractivity contribution in [1.82, 2.24) is 10.2 Å². The lowest BCUT2D eigenvalue weighted by Crippen LogP contribution is -2.50. The van der Waals surface area contributed by atoms with E-state index in [1.54, 1.807) is 0 Å². The van der Waals surface area contributed by atoms with Gasteiger partial charge in [-0.1, -0.05) is 48.5 Å². The first-order valence-corrected chi connectivity index (χ1v) is 11.2. The van der Waals surface area contributed by atoms with Gasteiger partial charge in [0.15, 0.2) is 0 Å². The fourth-order valence-corrected chi connectivity index (χ4v) is 4.10. The molecular weight excluding hydrogens is 420 g/mol. The van der Waals surface area contributed by atoms with E-state index in [1.807, 2.05) is 31.2 Å². The lowest BCUT2D eigenvalue weighted by atomic mass is 9.98. The van der Waals surface area contributed by atoms with E-state index < -0.39 is 17.6 Å². The van der Waals surface area contributed by atoms with Crippen LogP contribution in [0.4, 0.5) is 4.79 Å². The molecule has 7 heteroatoms. The third-order valence-corrected chi connectivity index (χ3v) is 6.47. The molecule has 7 nitrogen and oxygen atoms in total. The van der Waals surface area contributed by atoms with Crippen LogP contribution >= 0.6 is 0 Å². The summed E-state index contributed by atoms with van der Waals surface area (Å²) < 4.78 is 5.56. The second kappa shape index (κ2) is 10.1. The number of aliphatic carboxylic acids is 1. The van der Waals surface area contributed by atoms with Crippen molar-refractivity contribution in [2.24, 2.45) is 0 Å². The zero-order chi connectivity index (χ0) is 24.2. The van der Waals surface area contributed by atoms with E-state index >= 15 is 0 Å². The molecular formula is C26H32N2O5. The number of fused-ring (bicyclic) bond motifs is 3. The summed E-state index contributed by atoms with van der Waals surface area (Å²) in [5.41, 5.74) is 3.41. The molecule has 2 amide bonds. The van der Waals surface area contributed by atoms with Crippen LogP contribution < -0.4 is 5.32 Å². The summed E-state index contributed by atoms with van der Waals surface area (Å²) in [7, 11) is 1.49. The lowest BCUT2D eigenvalue weighted by molar-refractivity contribution is -0.155. The van der Waals surface area contributed by atoms with Gasteiger partial charge in [-0.3, -0.25) is 4.79 Å². The molecule has 0 fully saturated rings. The highest BCUT2D eigenvalue weighted by atomic mass is 16.5. The molecule has 0 spiro atoms. The number of carbonyl (C=O) groups is 3. The third-order valence-electron chi connectivity index (χ3n) is 6.47. The number of carbonyl (C=O) groups excluding carboxylic acids is 2. The average Bonchev–Trinajstić information content (AvgIpc) is 3.10. The molecule has 1 aliphatic rings. The Bertz CT molecular complexity index is 987. The van der Waals surface area contributed by atoms with Gasteiger partial charge in [0.05, 0.1) is 0 Å². The number of amides is 2. The van der Waals surface area contributed by atoms with Gasteiger partial charge in [-0.05, 0) is 55.9 Å². The van der Waals surface area contributed by atoms with E-state index in [4.69, 9.17) is 4.74 Å². The standard InChI is InChI=1S/C26H32N2O5/c1-17(10-9-15-23(29)28(4)26(2,3)24(30)31)27-25(32)33-16-22-20-13-7-5-11-18(20)19-12-6-8-14-21(19)22/h5-8,11-14,17,22H,9-10,15-16H2,1-4H3,(H,27,32)(H,30,31). The summed E-state index contributed by atoms with van der Waals surface area (Å²) in [5, 5.41) is 12.1. The number of benzene rings is 2. The SMILES string of the molecule is CC(CCCC(=O)N(C)C(C)(C)C(=O)O)NC(=O)OCC1c2ccccc2-c2ccccc21. The zero-order valence-corrected chi connectivity index (χ0v) is 19.6. The molecule has 0 aromatic heterocycles. The first kappa shape index (κ1) is 24.3. The van der Waals surface area contributed by atoms with E-state index in [0.29, 0.717) is 12.8 Å². The van der Waals surface area contributed by atoms with Crippen molar-refractivity contribution in [2.75, 3.05) is 13.7 Å². The van der Waals surface area contributed by atoms with Crippen LogP contribution in [0.3, 0.4) is 0 Å². The van der Waals surface area contributed by atoms with Crippen molar-refractivity contribution in [3.63, 3.8) is 0 Å². The summed E-state index contributed by atoms with van der Waals surface area (Å²) in [4.78, 5) is 37.2. The molecule has 3 rings (SSSR count). The van der Waals surface area contributed by atoms with Crippen LogP contribution in [0.2, 0.25) is 0 Å². The van der Waals surface area contributed by atoms with Crippen LogP contribution in [0.15, 0.2) is 48.5 Å².